The zero-order valence-electron chi connectivity index (χ0n) is 10.7. The van der Waals surface area contributed by atoms with Crippen LogP contribution in [0.5, 0.6) is 0 Å². The molecule has 0 aromatic heterocycles. The molecule has 0 spiro atoms. The van der Waals surface area contributed by atoms with Crippen LogP contribution in [0.3, 0.4) is 0 Å². The zero-order valence-corrected chi connectivity index (χ0v) is 10.7. The van der Waals surface area contributed by atoms with Gasteiger partial charge in [0, 0.05) is 6.04 Å². The molecule has 0 saturated carbocycles. The molecule has 90 valence electrons. The van der Waals surface area contributed by atoms with Crippen molar-refractivity contribution in [3.05, 3.63) is 0 Å². The van der Waals surface area contributed by atoms with Crippen LogP contribution in [0.4, 0.5) is 0 Å². The Morgan fingerprint density at radius 3 is 2.20 bits per heavy atom. The first-order valence-corrected chi connectivity index (χ1v) is 6.00. The maximum Gasteiger partial charge on any atom is 0.323 e. The van der Waals surface area contributed by atoms with Gasteiger partial charge in [-0.25, -0.2) is 0 Å². The van der Waals surface area contributed by atoms with Crippen molar-refractivity contribution in [3.8, 4) is 0 Å². The molecule has 15 heavy (non-hydrogen) atoms. The van der Waals surface area contributed by atoms with E-state index in [0.717, 1.165) is 19.4 Å². The van der Waals surface area contributed by atoms with Crippen LogP contribution in [0, 0.1) is 0 Å². The van der Waals surface area contributed by atoms with Crippen molar-refractivity contribution in [2.75, 3.05) is 13.2 Å². The Morgan fingerprint density at radius 2 is 1.87 bits per heavy atom. The van der Waals surface area contributed by atoms with Gasteiger partial charge in [-0.15, -0.1) is 0 Å². The second-order valence-electron chi connectivity index (χ2n) is 3.98. The van der Waals surface area contributed by atoms with E-state index in [1.807, 2.05) is 6.92 Å². The molecule has 1 atom stereocenters. The van der Waals surface area contributed by atoms with Gasteiger partial charge in [0.25, 0.3) is 0 Å². The van der Waals surface area contributed by atoms with Gasteiger partial charge in [0.15, 0.2) is 0 Å². The van der Waals surface area contributed by atoms with Crippen molar-refractivity contribution in [2.45, 2.75) is 59.5 Å². The van der Waals surface area contributed by atoms with Crippen LogP contribution in [0.2, 0.25) is 0 Å². The number of carbonyl (C=O) groups excluding carboxylic acids is 1. The van der Waals surface area contributed by atoms with E-state index in [2.05, 4.69) is 32.6 Å². The van der Waals surface area contributed by atoms with Crippen molar-refractivity contribution in [1.82, 2.24) is 4.90 Å². The quantitative estimate of drug-likeness (QED) is 0.611. The van der Waals surface area contributed by atoms with Crippen molar-refractivity contribution in [2.24, 2.45) is 0 Å². The van der Waals surface area contributed by atoms with Gasteiger partial charge in [-0.3, -0.25) is 9.69 Å². The van der Waals surface area contributed by atoms with E-state index in [4.69, 9.17) is 4.74 Å². The molecule has 0 N–H and O–H groups in total. The van der Waals surface area contributed by atoms with Gasteiger partial charge in [0.1, 0.15) is 6.04 Å². The van der Waals surface area contributed by atoms with Crippen LogP contribution in [0.25, 0.3) is 0 Å². The smallest absolute Gasteiger partial charge is 0.323 e. The van der Waals surface area contributed by atoms with Crippen LogP contribution in [0.1, 0.15) is 47.5 Å². The van der Waals surface area contributed by atoms with E-state index in [1.54, 1.807) is 0 Å². The molecule has 0 aliphatic rings. The van der Waals surface area contributed by atoms with E-state index < -0.39 is 0 Å². The van der Waals surface area contributed by atoms with Gasteiger partial charge in [-0.05, 0) is 33.7 Å². The molecule has 3 heteroatoms. The summed E-state index contributed by atoms with van der Waals surface area (Å²) in [5.41, 5.74) is 0. The summed E-state index contributed by atoms with van der Waals surface area (Å²) in [6.07, 6.45) is 1.89. The third-order valence-electron chi connectivity index (χ3n) is 2.55. The molecule has 0 aromatic carbocycles. The zero-order chi connectivity index (χ0) is 11.8. The van der Waals surface area contributed by atoms with Crippen LogP contribution in [0.15, 0.2) is 0 Å². The Balaban J connectivity index is 4.53. The largest absolute Gasteiger partial charge is 0.465 e. The summed E-state index contributed by atoms with van der Waals surface area (Å²) in [5.74, 6) is -0.0742. The second-order valence-corrected chi connectivity index (χ2v) is 3.98. The summed E-state index contributed by atoms with van der Waals surface area (Å²) < 4.78 is 5.11. The van der Waals surface area contributed by atoms with Gasteiger partial charge >= 0.3 is 5.97 Å². The fraction of sp³-hybridized carbons (Fsp3) is 0.917. The summed E-state index contributed by atoms with van der Waals surface area (Å²) in [7, 11) is 0. The maximum absolute atomic E-state index is 11.8. The van der Waals surface area contributed by atoms with Crippen molar-refractivity contribution in [1.29, 1.82) is 0 Å². The van der Waals surface area contributed by atoms with Crippen LogP contribution in [-0.2, 0) is 9.53 Å². The molecule has 0 aromatic rings. The number of hydrogen-bond donors (Lipinski definition) is 0. The van der Waals surface area contributed by atoms with Crippen molar-refractivity contribution in [3.63, 3.8) is 0 Å². The number of ether oxygens (including phenoxy) is 1. The van der Waals surface area contributed by atoms with Gasteiger partial charge in [0.05, 0.1) is 6.61 Å². The highest BCUT2D eigenvalue weighted by Crippen LogP contribution is 2.12. The fourth-order valence-corrected chi connectivity index (χ4v) is 1.88. The predicted octanol–water partition coefficient (Wildman–Crippen LogP) is 2.45. The molecule has 0 saturated heterocycles. The molecule has 3 nitrogen and oxygen atoms in total. The summed E-state index contributed by atoms with van der Waals surface area (Å²) in [4.78, 5) is 14.0. The molecule has 0 rings (SSSR count). The van der Waals surface area contributed by atoms with E-state index in [1.165, 1.54) is 0 Å². The molecule has 0 fully saturated rings. The van der Waals surface area contributed by atoms with E-state index >= 15 is 0 Å². The first-order chi connectivity index (χ1) is 7.08. The maximum atomic E-state index is 11.8. The van der Waals surface area contributed by atoms with Crippen LogP contribution >= 0.6 is 0 Å². The van der Waals surface area contributed by atoms with Crippen LogP contribution in [-0.4, -0.2) is 36.1 Å². The molecular weight excluding hydrogens is 190 g/mol. The fourth-order valence-electron chi connectivity index (χ4n) is 1.88. The Bertz CT molecular complexity index is 180. The number of rotatable bonds is 7. The summed E-state index contributed by atoms with van der Waals surface area (Å²) in [6.45, 7) is 11.6. The first kappa shape index (κ1) is 14.4. The van der Waals surface area contributed by atoms with E-state index in [9.17, 15) is 4.79 Å². The predicted molar refractivity (Wildman–Crippen MR) is 62.8 cm³/mol. The lowest BCUT2D eigenvalue weighted by atomic mass is 10.1. The highest BCUT2D eigenvalue weighted by atomic mass is 16.5. The molecule has 0 amide bonds. The topological polar surface area (TPSA) is 29.5 Å². The summed E-state index contributed by atoms with van der Waals surface area (Å²) in [6, 6.07) is 0.316. The Hall–Kier alpha value is -0.570. The third-order valence-corrected chi connectivity index (χ3v) is 2.55. The third kappa shape index (κ3) is 4.65. The normalized spacial score (nSPS) is 13.3. The Morgan fingerprint density at radius 1 is 1.27 bits per heavy atom. The lowest BCUT2D eigenvalue weighted by Gasteiger charge is -2.32. The number of likely N-dealkylation sites (N-methyl/N-ethyl adjacent to an activating group) is 1. The van der Waals surface area contributed by atoms with E-state index in [-0.39, 0.29) is 12.0 Å². The number of hydrogen-bond acceptors (Lipinski definition) is 3. The number of esters is 1. The Kier molecular flexibility index (Phi) is 7.39. The van der Waals surface area contributed by atoms with Crippen LogP contribution < -0.4 is 0 Å². The molecule has 0 aliphatic carbocycles. The van der Waals surface area contributed by atoms with Gasteiger partial charge in [-0.2, -0.15) is 0 Å². The monoisotopic (exact) mass is 215 g/mol. The minimum atomic E-state index is -0.0742. The first-order valence-electron chi connectivity index (χ1n) is 6.00. The summed E-state index contributed by atoms with van der Waals surface area (Å²) in [5, 5.41) is 0. The second kappa shape index (κ2) is 7.69. The Labute approximate surface area is 93.8 Å². The highest BCUT2D eigenvalue weighted by Gasteiger charge is 2.26. The molecule has 0 radical (unpaired) electrons. The average molecular weight is 215 g/mol. The van der Waals surface area contributed by atoms with Crippen molar-refractivity contribution >= 4 is 5.97 Å². The molecule has 0 heterocycles. The van der Waals surface area contributed by atoms with E-state index in [0.29, 0.717) is 12.6 Å². The molecule has 1 unspecified atom stereocenters. The summed E-state index contributed by atoms with van der Waals surface area (Å²) >= 11 is 0. The highest BCUT2D eigenvalue weighted by molar-refractivity contribution is 5.75. The standard InChI is InChI=1S/C12H25NO2/c1-6-9-11(12(14)15-8-3)13(7-2)10(4)5/h10-11H,6-9H2,1-5H3. The number of carbonyl (C=O) groups is 1. The van der Waals surface area contributed by atoms with Gasteiger partial charge < -0.3 is 4.74 Å². The molecule has 0 aliphatic heterocycles. The molecule has 0 bridgehead atoms. The minimum Gasteiger partial charge on any atom is -0.465 e. The number of nitrogens with zero attached hydrogens (tertiary/aromatic N) is 1. The minimum absolute atomic E-state index is 0.0695. The van der Waals surface area contributed by atoms with Crippen molar-refractivity contribution < 1.29 is 9.53 Å². The molecular formula is C12H25NO2. The average Bonchev–Trinajstić information content (AvgIpc) is 2.17. The SMILES string of the molecule is CCCC(C(=O)OCC)N(CC)C(C)C. The van der Waals surface area contributed by atoms with Gasteiger partial charge in [-0.1, -0.05) is 20.3 Å². The van der Waals surface area contributed by atoms with Gasteiger partial charge in [0.2, 0.25) is 0 Å². The lowest BCUT2D eigenvalue weighted by molar-refractivity contribution is -0.150. The lowest BCUT2D eigenvalue weighted by Crippen LogP contribution is -2.45.